The third kappa shape index (κ3) is 2.94. The van der Waals surface area contributed by atoms with E-state index in [-0.39, 0.29) is 0 Å². The first kappa shape index (κ1) is 11.8. The second kappa shape index (κ2) is 5.57. The molecule has 19 heavy (non-hydrogen) atoms. The Labute approximate surface area is 113 Å². The van der Waals surface area contributed by atoms with E-state index in [1.54, 1.807) is 0 Å². The third-order valence-corrected chi connectivity index (χ3v) is 3.03. The summed E-state index contributed by atoms with van der Waals surface area (Å²) in [5, 5.41) is 3.27. The largest absolute Gasteiger partial charge is 0.489 e. The van der Waals surface area contributed by atoms with Crippen molar-refractivity contribution in [2.45, 2.75) is 6.61 Å². The molecule has 0 aliphatic carbocycles. The molecule has 0 bridgehead atoms. The number of hydrogen-bond acceptors (Lipinski definition) is 3. The quantitative estimate of drug-likeness (QED) is 0.907. The number of hydrogen-bond donors (Lipinski definition) is 1. The lowest BCUT2D eigenvalue weighted by molar-refractivity contribution is 0.306. The lowest BCUT2D eigenvalue weighted by Gasteiger charge is -2.08. The van der Waals surface area contributed by atoms with Crippen LogP contribution in [0.1, 0.15) is 11.1 Å². The summed E-state index contributed by atoms with van der Waals surface area (Å²) in [7, 11) is 0. The van der Waals surface area contributed by atoms with Gasteiger partial charge in [-0.15, -0.1) is 0 Å². The standard InChI is InChI=1S/C16H16N2O/c1-2-5-13(6-3-1)12-19-15-8-4-7-14(11-15)16-17-9-10-18-16/h1-8,11H,9-10,12H2,(H,17,18). The van der Waals surface area contributed by atoms with Crippen LogP contribution < -0.4 is 10.1 Å². The molecule has 0 unspecified atom stereocenters. The molecule has 96 valence electrons. The normalized spacial score (nSPS) is 13.8. The number of rotatable bonds is 4. The molecule has 1 N–H and O–H groups in total. The minimum Gasteiger partial charge on any atom is -0.489 e. The van der Waals surface area contributed by atoms with Crippen LogP contribution in [0.5, 0.6) is 5.75 Å². The van der Waals surface area contributed by atoms with Gasteiger partial charge in [-0.2, -0.15) is 0 Å². The van der Waals surface area contributed by atoms with Gasteiger partial charge in [0.25, 0.3) is 0 Å². The van der Waals surface area contributed by atoms with Gasteiger partial charge >= 0.3 is 0 Å². The maximum absolute atomic E-state index is 5.81. The van der Waals surface area contributed by atoms with Crippen molar-refractivity contribution in [2.75, 3.05) is 13.1 Å². The number of benzene rings is 2. The van der Waals surface area contributed by atoms with Gasteiger partial charge in [-0.05, 0) is 17.7 Å². The van der Waals surface area contributed by atoms with Gasteiger partial charge in [0.2, 0.25) is 0 Å². The zero-order chi connectivity index (χ0) is 12.9. The summed E-state index contributed by atoms with van der Waals surface area (Å²) < 4.78 is 5.81. The van der Waals surface area contributed by atoms with Crippen LogP contribution in [-0.2, 0) is 6.61 Å². The van der Waals surface area contributed by atoms with E-state index in [9.17, 15) is 0 Å². The van der Waals surface area contributed by atoms with Gasteiger partial charge in [0.1, 0.15) is 18.2 Å². The second-order valence-corrected chi connectivity index (χ2v) is 4.46. The molecule has 0 aromatic heterocycles. The summed E-state index contributed by atoms with van der Waals surface area (Å²) in [6, 6.07) is 18.2. The number of amidine groups is 1. The van der Waals surface area contributed by atoms with Crippen molar-refractivity contribution in [1.29, 1.82) is 0 Å². The first-order chi connectivity index (χ1) is 9.42. The molecule has 0 radical (unpaired) electrons. The van der Waals surface area contributed by atoms with E-state index < -0.39 is 0 Å². The van der Waals surface area contributed by atoms with Gasteiger partial charge in [-0.25, -0.2) is 0 Å². The average molecular weight is 252 g/mol. The van der Waals surface area contributed by atoms with Crippen molar-refractivity contribution >= 4 is 5.84 Å². The van der Waals surface area contributed by atoms with Gasteiger partial charge in [-0.1, -0.05) is 42.5 Å². The zero-order valence-electron chi connectivity index (χ0n) is 10.7. The summed E-state index contributed by atoms with van der Waals surface area (Å²) in [6.45, 7) is 2.36. The molecule has 0 saturated carbocycles. The first-order valence-corrected chi connectivity index (χ1v) is 6.47. The Bertz CT molecular complexity index is 578. The van der Waals surface area contributed by atoms with E-state index in [4.69, 9.17) is 4.74 Å². The maximum Gasteiger partial charge on any atom is 0.128 e. The fraction of sp³-hybridized carbons (Fsp3) is 0.188. The fourth-order valence-electron chi connectivity index (χ4n) is 2.07. The summed E-state index contributed by atoms with van der Waals surface area (Å²) in [5.74, 6) is 1.84. The van der Waals surface area contributed by atoms with Crippen LogP contribution in [0, 0.1) is 0 Å². The maximum atomic E-state index is 5.81. The number of nitrogens with one attached hydrogen (secondary N) is 1. The van der Waals surface area contributed by atoms with Crippen LogP contribution in [-0.4, -0.2) is 18.9 Å². The minimum atomic E-state index is 0.587. The van der Waals surface area contributed by atoms with Crippen LogP contribution in [0.15, 0.2) is 59.6 Å². The molecule has 3 heteroatoms. The highest BCUT2D eigenvalue weighted by molar-refractivity contribution is 6.00. The van der Waals surface area contributed by atoms with Gasteiger partial charge in [0, 0.05) is 12.1 Å². The van der Waals surface area contributed by atoms with E-state index in [1.807, 2.05) is 42.5 Å². The van der Waals surface area contributed by atoms with Crippen LogP contribution >= 0.6 is 0 Å². The van der Waals surface area contributed by atoms with Crippen LogP contribution in [0.4, 0.5) is 0 Å². The molecule has 0 fully saturated rings. The molecule has 1 aliphatic heterocycles. The summed E-state index contributed by atoms with van der Waals surface area (Å²) in [5.41, 5.74) is 2.26. The zero-order valence-corrected chi connectivity index (χ0v) is 10.7. The van der Waals surface area contributed by atoms with Gasteiger partial charge in [0.15, 0.2) is 0 Å². The molecule has 0 amide bonds. The second-order valence-electron chi connectivity index (χ2n) is 4.46. The first-order valence-electron chi connectivity index (χ1n) is 6.47. The summed E-state index contributed by atoms with van der Waals surface area (Å²) in [4.78, 5) is 4.42. The number of nitrogens with zero attached hydrogens (tertiary/aromatic N) is 1. The number of ether oxygens (including phenoxy) is 1. The summed E-state index contributed by atoms with van der Waals surface area (Å²) in [6.07, 6.45) is 0. The molecule has 2 aromatic rings. The van der Waals surface area contributed by atoms with E-state index in [0.717, 1.165) is 30.2 Å². The SMILES string of the molecule is c1ccc(COc2cccc(C3=NCCN3)c2)cc1. The highest BCUT2D eigenvalue weighted by Gasteiger charge is 2.08. The van der Waals surface area contributed by atoms with Crippen molar-refractivity contribution in [3.8, 4) is 5.75 Å². The number of aliphatic imine (C=N–C) groups is 1. The highest BCUT2D eigenvalue weighted by atomic mass is 16.5. The van der Waals surface area contributed by atoms with Gasteiger partial charge in [0.05, 0.1) is 6.54 Å². The smallest absolute Gasteiger partial charge is 0.128 e. The van der Waals surface area contributed by atoms with Crippen molar-refractivity contribution in [3.05, 3.63) is 65.7 Å². The summed E-state index contributed by atoms with van der Waals surface area (Å²) >= 11 is 0. The van der Waals surface area contributed by atoms with Crippen LogP contribution in [0.2, 0.25) is 0 Å². The van der Waals surface area contributed by atoms with E-state index in [1.165, 1.54) is 5.56 Å². The Hall–Kier alpha value is -2.29. The monoisotopic (exact) mass is 252 g/mol. The Balaban J connectivity index is 1.70. The van der Waals surface area contributed by atoms with Crippen LogP contribution in [0.25, 0.3) is 0 Å². The van der Waals surface area contributed by atoms with E-state index in [2.05, 4.69) is 22.4 Å². The third-order valence-electron chi connectivity index (χ3n) is 3.03. The van der Waals surface area contributed by atoms with Gasteiger partial charge in [-0.3, -0.25) is 4.99 Å². The minimum absolute atomic E-state index is 0.587. The molecule has 0 spiro atoms. The highest BCUT2D eigenvalue weighted by Crippen LogP contribution is 2.16. The van der Waals surface area contributed by atoms with Crippen molar-refractivity contribution < 1.29 is 4.74 Å². The molecular formula is C16H16N2O. The van der Waals surface area contributed by atoms with Crippen molar-refractivity contribution in [1.82, 2.24) is 5.32 Å². The molecular weight excluding hydrogens is 236 g/mol. The topological polar surface area (TPSA) is 33.6 Å². The van der Waals surface area contributed by atoms with Gasteiger partial charge < -0.3 is 10.1 Å². The molecule has 0 saturated heterocycles. The van der Waals surface area contributed by atoms with Crippen molar-refractivity contribution in [2.24, 2.45) is 4.99 Å². The predicted molar refractivity (Wildman–Crippen MR) is 76.6 cm³/mol. The van der Waals surface area contributed by atoms with E-state index in [0.29, 0.717) is 6.61 Å². The van der Waals surface area contributed by atoms with Crippen LogP contribution in [0.3, 0.4) is 0 Å². The Morgan fingerprint density at radius 3 is 2.74 bits per heavy atom. The lowest BCUT2D eigenvalue weighted by atomic mass is 10.2. The van der Waals surface area contributed by atoms with Crippen molar-refractivity contribution in [3.63, 3.8) is 0 Å². The average Bonchev–Trinajstić information content (AvgIpc) is 3.01. The molecule has 3 nitrogen and oxygen atoms in total. The molecule has 1 heterocycles. The molecule has 0 atom stereocenters. The predicted octanol–water partition coefficient (Wildman–Crippen LogP) is 2.62. The molecule has 1 aliphatic rings. The molecule has 3 rings (SSSR count). The Kier molecular flexibility index (Phi) is 3.45. The lowest BCUT2D eigenvalue weighted by Crippen LogP contribution is -2.19. The Morgan fingerprint density at radius 2 is 1.95 bits per heavy atom. The molecule has 2 aromatic carbocycles. The van der Waals surface area contributed by atoms with E-state index >= 15 is 0 Å². The fourth-order valence-corrected chi connectivity index (χ4v) is 2.07. The Morgan fingerprint density at radius 1 is 1.05 bits per heavy atom.